The molecule has 0 spiro atoms. The maximum absolute atomic E-state index is 14.3. The van der Waals surface area contributed by atoms with Crippen molar-refractivity contribution < 1.29 is 38.0 Å². The molecular formula is C35H42N4O8. The number of carbonyl (C=O) groups excluding carboxylic acids is 2. The second-order valence-corrected chi connectivity index (χ2v) is 11.1. The normalized spacial score (nSPS) is 16.3. The predicted octanol–water partition coefficient (Wildman–Crippen LogP) is 3.88. The lowest BCUT2D eigenvalue weighted by molar-refractivity contribution is -0.133. The van der Waals surface area contributed by atoms with Crippen molar-refractivity contribution in [1.29, 1.82) is 0 Å². The molecule has 1 atom stereocenters. The number of morpholine rings is 1. The van der Waals surface area contributed by atoms with Gasteiger partial charge in [0.1, 0.15) is 23.8 Å². The first-order chi connectivity index (χ1) is 22.9. The third kappa shape index (κ3) is 7.78. The van der Waals surface area contributed by atoms with E-state index in [1.807, 2.05) is 30.3 Å². The summed E-state index contributed by atoms with van der Waals surface area (Å²) in [6.07, 6.45) is 0.407. The van der Waals surface area contributed by atoms with Crippen LogP contribution in [-0.2, 0) is 9.53 Å². The second-order valence-electron chi connectivity index (χ2n) is 11.1. The largest absolute Gasteiger partial charge is 0.497 e. The molecule has 0 bridgehead atoms. The van der Waals surface area contributed by atoms with Crippen LogP contribution in [0.5, 0.6) is 28.7 Å². The van der Waals surface area contributed by atoms with E-state index < -0.39 is 6.04 Å². The molecule has 2 aliphatic heterocycles. The topological polar surface area (TPSA) is 112 Å². The molecule has 0 aromatic heterocycles. The van der Waals surface area contributed by atoms with Crippen molar-refractivity contribution in [2.45, 2.75) is 12.5 Å². The minimum absolute atomic E-state index is 0.171. The molecule has 3 aromatic carbocycles. The molecule has 1 fully saturated rings. The number of rotatable bonds is 13. The predicted molar refractivity (Wildman–Crippen MR) is 176 cm³/mol. The Kier molecular flexibility index (Phi) is 11.2. The molecule has 47 heavy (non-hydrogen) atoms. The Labute approximate surface area is 275 Å². The third-order valence-electron chi connectivity index (χ3n) is 8.42. The van der Waals surface area contributed by atoms with E-state index in [1.165, 1.54) is 5.01 Å². The fourth-order valence-electron chi connectivity index (χ4n) is 5.75. The fraction of sp³-hybridized carbons (Fsp3) is 0.400. The Hall–Kier alpha value is -4.81. The van der Waals surface area contributed by atoms with Gasteiger partial charge in [0.2, 0.25) is 0 Å². The number of hydrogen-bond acceptors (Lipinski definition) is 10. The second kappa shape index (κ2) is 15.7. The lowest BCUT2D eigenvalue weighted by atomic mass is 9.97. The molecule has 250 valence electrons. The monoisotopic (exact) mass is 646 g/mol. The van der Waals surface area contributed by atoms with Gasteiger partial charge < -0.3 is 33.3 Å². The van der Waals surface area contributed by atoms with Crippen LogP contribution in [0.4, 0.5) is 0 Å². The summed E-state index contributed by atoms with van der Waals surface area (Å²) in [4.78, 5) is 32.0. The minimum Gasteiger partial charge on any atom is -0.497 e. The molecule has 1 saturated heterocycles. The first-order valence-corrected chi connectivity index (χ1v) is 15.5. The molecule has 0 radical (unpaired) electrons. The van der Waals surface area contributed by atoms with Crippen LogP contribution in [-0.4, -0.2) is 114 Å². The summed E-state index contributed by atoms with van der Waals surface area (Å²) in [5.41, 5.74) is 2.68. The van der Waals surface area contributed by atoms with Crippen molar-refractivity contribution in [3.05, 3.63) is 77.4 Å². The summed E-state index contributed by atoms with van der Waals surface area (Å²) >= 11 is 0. The number of nitrogens with zero attached hydrogens (tertiary/aromatic N) is 4. The number of benzene rings is 3. The molecule has 0 unspecified atom stereocenters. The summed E-state index contributed by atoms with van der Waals surface area (Å²) in [5.74, 6) is 2.39. The van der Waals surface area contributed by atoms with Crippen LogP contribution in [0.15, 0.2) is 65.8 Å². The van der Waals surface area contributed by atoms with Crippen molar-refractivity contribution in [2.24, 2.45) is 5.10 Å². The lowest BCUT2D eigenvalue weighted by Crippen LogP contribution is -2.46. The van der Waals surface area contributed by atoms with E-state index in [1.54, 1.807) is 70.8 Å². The zero-order chi connectivity index (χ0) is 33.3. The summed E-state index contributed by atoms with van der Waals surface area (Å²) < 4.78 is 32.9. The van der Waals surface area contributed by atoms with E-state index in [9.17, 15) is 9.59 Å². The van der Waals surface area contributed by atoms with Crippen LogP contribution in [0.3, 0.4) is 0 Å². The number of ether oxygens (including phenoxy) is 6. The minimum atomic E-state index is -0.471. The lowest BCUT2D eigenvalue weighted by Gasteiger charge is -2.31. The molecule has 2 aliphatic rings. The summed E-state index contributed by atoms with van der Waals surface area (Å²) in [6.45, 7) is 3.60. The van der Waals surface area contributed by atoms with Gasteiger partial charge in [-0.05, 0) is 54.1 Å². The maximum atomic E-state index is 14.3. The Bertz CT molecular complexity index is 1570. The highest BCUT2D eigenvalue weighted by Gasteiger charge is 2.36. The van der Waals surface area contributed by atoms with Gasteiger partial charge in [-0.2, -0.15) is 5.10 Å². The van der Waals surface area contributed by atoms with Crippen molar-refractivity contribution in [3.63, 3.8) is 0 Å². The molecule has 0 saturated carbocycles. The van der Waals surface area contributed by atoms with Gasteiger partial charge in [0.25, 0.3) is 11.8 Å². The van der Waals surface area contributed by atoms with Crippen LogP contribution in [0.2, 0.25) is 0 Å². The molecule has 2 amide bonds. The van der Waals surface area contributed by atoms with Crippen LogP contribution < -0.4 is 23.7 Å². The number of methoxy groups -OCH3 is 5. The van der Waals surface area contributed by atoms with Gasteiger partial charge in [0.15, 0.2) is 11.5 Å². The van der Waals surface area contributed by atoms with E-state index in [0.29, 0.717) is 72.7 Å². The van der Waals surface area contributed by atoms with E-state index in [2.05, 4.69) is 4.90 Å². The van der Waals surface area contributed by atoms with Crippen molar-refractivity contribution in [3.8, 4) is 28.7 Å². The quantitative estimate of drug-likeness (QED) is 0.273. The van der Waals surface area contributed by atoms with Crippen LogP contribution in [0, 0.1) is 0 Å². The van der Waals surface area contributed by atoms with Crippen LogP contribution in [0.1, 0.15) is 33.9 Å². The fourth-order valence-corrected chi connectivity index (χ4v) is 5.75. The maximum Gasteiger partial charge on any atom is 0.262 e. The van der Waals surface area contributed by atoms with Gasteiger partial charge in [-0.25, -0.2) is 5.01 Å². The molecular weight excluding hydrogens is 604 g/mol. The number of amides is 2. The summed E-state index contributed by atoms with van der Waals surface area (Å²) in [7, 11) is 7.89. The smallest absolute Gasteiger partial charge is 0.262 e. The highest BCUT2D eigenvalue weighted by molar-refractivity contribution is 6.05. The Morgan fingerprint density at radius 3 is 2.15 bits per heavy atom. The molecule has 0 aliphatic carbocycles. The van der Waals surface area contributed by atoms with Crippen LogP contribution >= 0.6 is 0 Å². The van der Waals surface area contributed by atoms with Crippen molar-refractivity contribution in [2.75, 3.05) is 81.5 Å². The van der Waals surface area contributed by atoms with E-state index >= 15 is 0 Å². The summed E-state index contributed by atoms with van der Waals surface area (Å²) in [5, 5.41) is 6.34. The van der Waals surface area contributed by atoms with Crippen LogP contribution in [0.25, 0.3) is 0 Å². The van der Waals surface area contributed by atoms with E-state index in [-0.39, 0.29) is 18.4 Å². The SMILES string of the molecule is COc1ccc(C(=O)N(CCN2CCOCC2)CC(=O)N2N=C(c3ccc(OC)cc3OC)C[C@@H]2c2ccc(OC)c(OC)c2)cc1. The average Bonchev–Trinajstić information content (AvgIpc) is 3.58. The molecule has 5 rings (SSSR count). The first kappa shape index (κ1) is 33.6. The zero-order valence-corrected chi connectivity index (χ0v) is 27.6. The highest BCUT2D eigenvalue weighted by Crippen LogP contribution is 2.39. The Morgan fingerprint density at radius 2 is 1.49 bits per heavy atom. The van der Waals surface area contributed by atoms with Gasteiger partial charge >= 0.3 is 0 Å². The first-order valence-electron chi connectivity index (χ1n) is 15.5. The van der Waals surface area contributed by atoms with Gasteiger partial charge in [-0.3, -0.25) is 14.5 Å². The third-order valence-corrected chi connectivity index (χ3v) is 8.42. The number of hydrogen-bond donors (Lipinski definition) is 0. The van der Waals surface area contributed by atoms with E-state index in [4.69, 9.17) is 33.5 Å². The number of carbonyl (C=O) groups is 2. The molecule has 0 N–H and O–H groups in total. The number of hydrazone groups is 1. The average molecular weight is 647 g/mol. The van der Waals surface area contributed by atoms with Crippen molar-refractivity contribution >= 4 is 17.5 Å². The Balaban J connectivity index is 1.48. The van der Waals surface area contributed by atoms with Crippen molar-refractivity contribution in [1.82, 2.24) is 14.8 Å². The van der Waals surface area contributed by atoms with E-state index in [0.717, 1.165) is 24.2 Å². The zero-order valence-electron chi connectivity index (χ0n) is 27.6. The molecule has 3 aromatic rings. The van der Waals surface area contributed by atoms with Gasteiger partial charge in [0.05, 0.1) is 60.5 Å². The Morgan fingerprint density at radius 1 is 0.809 bits per heavy atom. The van der Waals surface area contributed by atoms with Gasteiger partial charge in [-0.1, -0.05) is 6.07 Å². The molecule has 12 heteroatoms. The van der Waals surface area contributed by atoms with Gasteiger partial charge in [0, 0.05) is 49.8 Å². The standard InChI is InChI=1S/C35H42N4O8/c1-42-26-9-6-24(7-10-26)35(41)38(15-14-37-16-18-47-19-17-37)23-34(40)39-30(25-8-13-31(44-3)33(20-25)46-5)22-29(36-39)28-12-11-27(43-2)21-32(28)45-4/h6-13,20-21,30H,14-19,22-23H2,1-5H3/t30-/m1/s1. The van der Waals surface area contributed by atoms with Gasteiger partial charge in [-0.15, -0.1) is 0 Å². The highest BCUT2D eigenvalue weighted by atomic mass is 16.5. The molecule has 2 heterocycles. The molecule has 12 nitrogen and oxygen atoms in total. The summed E-state index contributed by atoms with van der Waals surface area (Å²) in [6, 6.07) is 17.5.